The fraction of sp³-hybridized carbons (Fsp3) is 0.875. The van der Waals surface area contributed by atoms with Crippen LogP contribution >= 0.6 is 0 Å². The van der Waals surface area contributed by atoms with Crippen molar-refractivity contribution in [1.82, 2.24) is 0 Å². The van der Waals surface area contributed by atoms with Gasteiger partial charge in [-0.3, -0.25) is 4.79 Å². The van der Waals surface area contributed by atoms with Gasteiger partial charge in [-0.15, -0.1) is 0 Å². The summed E-state index contributed by atoms with van der Waals surface area (Å²) in [6.07, 6.45) is 1.20. The lowest BCUT2D eigenvalue weighted by Crippen LogP contribution is -2.52. The number of carbonyl (C=O) groups is 1. The molecule has 0 N–H and O–H groups in total. The van der Waals surface area contributed by atoms with E-state index in [1.807, 2.05) is 0 Å². The van der Waals surface area contributed by atoms with Crippen molar-refractivity contribution in [1.29, 1.82) is 0 Å². The maximum Gasteiger partial charge on any atom is 0.310 e. The van der Waals surface area contributed by atoms with Gasteiger partial charge in [-0.2, -0.15) is 0 Å². The monoisotopic (exact) mass is 172 g/mol. The largest absolute Gasteiger partial charge is 0.462 e. The average Bonchev–Trinajstić information content (AvgIpc) is 1.77. The Morgan fingerprint density at radius 3 is 2.18 bits per heavy atom. The van der Waals surface area contributed by atoms with Crippen LogP contribution in [0.3, 0.4) is 0 Å². The highest BCUT2D eigenvalue weighted by Crippen LogP contribution is 2.38. The SMILES string of the molecule is CC[C@H]1OC(=O)[C@@H]1[Si](C)(C)C. The Bertz CT molecular complexity index is 171. The molecule has 0 saturated carbocycles. The summed E-state index contributed by atoms with van der Waals surface area (Å²) >= 11 is 0. The van der Waals surface area contributed by atoms with Crippen LogP contribution in [0.1, 0.15) is 13.3 Å². The van der Waals surface area contributed by atoms with E-state index in [2.05, 4.69) is 26.6 Å². The van der Waals surface area contributed by atoms with Crippen molar-refractivity contribution >= 4 is 14.0 Å². The number of hydrogen-bond donors (Lipinski definition) is 0. The first-order valence-electron chi connectivity index (χ1n) is 4.17. The zero-order chi connectivity index (χ0) is 8.65. The molecule has 2 nitrogen and oxygen atoms in total. The third kappa shape index (κ3) is 1.48. The van der Waals surface area contributed by atoms with Crippen LogP contribution in [-0.4, -0.2) is 20.1 Å². The van der Waals surface area contributed by atoms with Gasteiger partial charge in [-0.25, -0.2) is 0 Å². The summed E-state index contributed by atoms with van der Waals surface area (Å²) in [6.45, 7) is 8.74. The minimum Gasteiger partial charge on any atom is -0.462 e. The van der Waals surface area contributed by atoms with Gasteiger partial charge in [0, 0.05) is 0 Å². The Hall–Kier alpha value is -0.313. The van der Waals surface area contributed by atoms with Gasteiger partial charge in [0.1, 0.15) is 6.10 Å². The van der Waals surface area contributed by atoms with Crippen LogP contribution in [0.25, 0.3) is 0 Å². The molecule has 0 aromatic heterocycles. The number of hydrogen-bond acceptors (Lipinski definition) is 2. The molecular formula is C8H16O2Si. The summed E-state index contributed by atoms with van der Waals surface area (Å²) in [4.78, 5) is 11.1. The molecule has 0 aromatic rings. The fourth-order valence-electron chi connectivity index (χ4n) is 1.60. The van der Waals surface area contributed by atoms with Crippen LogP contribution in [0.15, 0.2) is 0 Å². The maximum absolute atomic E-state index is 11.1. The van der Waals surface area contributed by atoms with Crippen molar-refractivity contribution < 1.29 is 9.53 Å². The number of rotatable bonds is 2. The molecular weight excluding hydrogens is 156 g/mol. The lowest BCUT2D eigenvalue weighted by Gasteiger charge is -2.41. The predicted molar refractivity (Wildman–Crippen MR) is 47.3 cm³/mol. The standard InChI is InChI=1S/C8H16O2Si/c1-5-6-7(8(9)10-6)11(2,3)4/h6-7H,5H2,1-4H3/t6-,7-/m1/s1. The molecule has 0 radical (unpaired) electrons. The van der Waals surface area contributed by atoms with Gasteiger partial charge in [0.2, 0.25) is 0 Å². The Kier molecular flexibility index (Phi) is 2.10. The molecule has 3 heteroatoms. The molecule has 11 heavy (non-hydrogen) atoms. The average molecular weight is 172 g/mol. The fourth-order valence-corrected chi connectivity index (χ4v) is 3.79. The molecule has 1 rings (SSSR count). The third-order valence-corrected chi connectivity index (χ3v) is 4.70. The van der Waals surface area contributed by atoms with Crippen LogP contribution in [0.4, 0.5) is 0 Å². The highest BCUT2D eigenvalue weighted by molar-refractivity contribution is 6.81. The minimum atomic E-state index is -1.30. The molecule has 64 valence electrons. The number of carbonyl (C=O) groups excluding carboxylic acids is 1. The second kappa shape index (κ2) is 2.63. The smallest absolute Gasteiger partial charge is 0.310 e. The maximum atomic E-state index is 11.1. The molecule has 1 aliphatic heterocycles. The van der Waals surface area contributed by atoms with E-state index in [1.54, 1.807) is 0 Å². The van der Waals surface area contributed by atoms with Gasteiger partial charge >= 0.3 is 5.97 Å². The van der Waals surface area contributed by atoms with Crippen molar-refractivity contribution in [2.24, 2.45) is 0 Å². The summed E-state index contributed by atoms with van der Waals surface area (Å²) in [5, 5.41) is 0. The quantitative estimate of drug-likeness (QED) is 0.470. The molecule has 0 aromatic carbocycles. The summed E-state index contributed by atoms with van der Waals surface area (Å²) in [5.74, 6) is 0.0380. The van der Waals surface area contributed by atoms with E-state index in [-0.39, 0.29) is 17.6 Å². The third-order valence-electron chi connectivity index (χ3n) is 2.23. The lowest BCUT2D eigenvalue weighted by atomic mass is 10.1. The highest BCUT2D eigenvalue weighted by Gasteiger charge is 2.49. The lowest BCUT2D eigenvalue weighted by molar-refractivity contribution is -0.169. The first kappa shape index (κ1) is 8.78. The van der Waals surface area contributed by atoms with E-state index >= 15 is 0 Å². The zero-order valence-electron chi connectivity index (χ0n) is 7.68. The van der Waals surface area contributed by atoms with Gasteiger partial charge in [-0.05, 0) is 6.42 Å². The normalized spacial score (nSPS) is 31.1. The minimum absolute atomic E-state index is 0.0380. The van der Waals surface area contributed by atoms with E-state index < -0.39 is 8.07 Å². The second-order valence-corrected chi connectivity index (χ2v) is 9.58. The second-order valence-electron chi connectivity index (χ2n) is 4.23. The van der Waals surface area contributed by atoms with Gasteiger partial charge < -0.3 is 4.74 Å². The van der Waals surface area contributed by atoms with Crippen LogP contribution in [-0.2, 0) is 9.53 Å². The first-order valence-corrected chi connectivity index (χ1v) is 7.75. The molecule has 0 aliphatic carbocycles. The van der Waals surface area contributed by atoms with Crippen molar-refractivity contribution in [2.45, 2.75) is 44.6 Å². The van der Waals surface area contributed by atoms with E-state index in [9.17, 15) is 4.79 Å². The van der Waals surface area contributed by atoms with E-state index in [1.165, 1.54) is 0 Å². The highest BCUT2D eigenvalue weighted by atomic mass is 28.3. The molecule has 0 amide bonds. The number of cyclic esters (lactones) is 1. The molecule has 0 spiro atoms. The Labute approximate surface area is 68.9 Å². The molecule has 1 fully saturated rings. The summed E-state index contributed by atoms with van der Waals surface area (Å²) in [7, 11) is -1.30. The number of ether oxygens (including phenoxy) is 1. The number of esters is 1. The van der Waals surface area contributed by atoms with Gasteiger partial charge in [0.05, 0.1) is 13.6 Å². The molecule has 0 bridgehead atoms. The Morgan fingerprint density at radius 1 is 1.45 bits per heavy atom. The molecule has 0 unspecified atom stereocenters. The van der Waals surface area contributed by atoms with E-state index in [0.29, 0.717) is 0 Å². The Morgan fingerprint density at radius 2 is 2.00 bits per heavy atom. The zero-order valence-corrected chi connectivity index (χ0v) is 8.68. The van der Waals surface area contributed by atoms with Gasteiger partial charge in [-0.1, -0.05) is 26.6 Å². The summed E-state index contributed by atoms with van der Waals surface area (Å²) in [5.41, 5.74) is 0.257. The summed E-state index contributed by atoms with van der Waals surface area (Å²) in [6, 6.07) is 0. The van der Waals surface area contributed by atoms with E-state index in [0.717, 1.165) is 6.42 Å². The van der Waals surface area contributed by atoms with Crippen molar-refractivity contribution in [3.63, 3.8) is 0 Å². The topological polar surface area (TPSA) is 26.3 Å². The van der Waals surface area contributed by atoms with Crippen molar-refractivity contribution in [2.75, 3.05) is 0 Å². The first-order chi connectivity index (χ1) is 4.96. The molecule has 1 aliphatic rings. The molecule has 2 atom stereocenters. The van der Waals surface area contributed by atoms with Crippen molar-refractivity contribution in [3.8, 4) is 0 Å². The van der Waals surface area contributed by atoms with Crippen LogP contribution in [0.2, 0.25) is 25.2 Å². The van der Waals surface area contributed by atoms with Gasteiger partial charge in [0.25, 0.3) is 0 Å². The summed E-state index contributed by atoms with van der Waals surface area (Å²) < 4.78 is 5.02. The predicted octanol–water partition coefficient (Wildman–Crippen LogP) is 2.03. The molecule has 1 heterocycles. The van der Waals surface area contributed by atoms with Crippen LogP contribution < -0.4 is 0 Å². The van der Waals surface area contributed by atoms with Crippen LogP contribution in [0.5, 0.6) is 0 Å². The van der Waals surface area contributed by atoms with Crippen molar-refractivity contribution in [3.05, 3.63) is 0 Å². The van der Waals surface area contributed by atoms with Gasteiger partial charge in [0.15, 0.2) is 0 Å². The molecule has 1 saturated heterocycles. The van der Waals surface area contributed by atoms with E-state index in [4.69, 9.17) is 4.74 Å². The van der Waals surface area contributed by atoms with Crippen LogP contribution in [0, 0.1) is 0 Å². The Balaban J connectivity index is 2.63.